The number of nitrogens with one attached hydrogen (secondary N) is 2. The maximum absolute atomic E-state index is 12.1. The van der Waals surface area contributed by atoms with E-state index in [-0.39, 0.29) is 10.9 Å². The van der Waals surface area contributed by atoms with E-state index in [1.807, 2.05) is 0 Å². The van der Waals surface area contributed by atoms with Crippen LogP contribution in [0.4, 0.5) is 5.69 Å². The molecular formula is C14H14N2O6S. The van der Waals surface area contributed by atoms with Gasteiger partial charge in [-0.2, -0.15) is 0 Å². The highest BCUT2D eigenvalue weighted by atomic mass is 32.2. The third-order valence-corrected chi connectivity index (χ3v) is 4.43. The molecule has 1 aliphatic rings. The number of anilines is 1. The monoisotopic (exact) mass is 338 g/mol. The summed E-state index contributed by atoms with van der Waals surface area (Å²) in [6.07, 6.45) is 0. The summed E-state index contributed by atoms with van der Waals surface area (Å²) in [5, 5.41) is 2.28. The predicted molar refractivity (Wildman–Crippen MR) is 80.3 cm³/mol. The van der Waals surface area contributed by atoms with E-state index in [0.29, 0.717) is 30.4 Å². The Kier molecular flexibility index (Phi) is 3.97. The molecule has 0 spiro atoms. The minimum atomic E-state index is -3.73. The number of ether oxygens (including phenoxy) is 2. The Balaban J connectivity index is 1.77. The molecule has 1 amide bonds. The molecule has 0 aliphatic carbocycles. The van der Waals surface area contributed by atoms with Crippen LogP contribution in [-0.4, -0.2) is 34.6 Å². The van der Waals surface area contributed by atoms with Gasteiger partial charge in [0.15, 0.2) is 17.3 Å². The first-order valence-corrected chi connectivity index (χ1v) is 8.22. The zero-order valence-corrected chi connectivity index (χ0v) is 13.0. The van der Waals surface area contributed by atoms with Gasteiger partial charge in [0.1, 0.15) is 13.2 Å². The summed E-state index contributed by atoms with van der Waals surface area (Å²) in [6.45, 7) is 0.918. The lowest BCUT2D eigenvalue weighted by atomic mass is 10.2. The molecule has 1 aromatic heterocycles. The fourth-order valence-corrected chi connectivity index (χ4v) is 2.65. The molecule has 0 radical (unpaired) electrons. The Morgan fingerprint density at radius 3 is 2.57 bits per heavy atom. The van der Waals surface area contributed by atoms with E-state index in [4.69, 9.17) is 13.9 Å². The fourth-order valence-electron chi connectivity index (χ4n) is 2.00. The Hall–Kier alpha value is -2.52. The second-order valence-electron chi connectivity index (χ2n) is 4.64. The molecule has 0 bridgehead atoms. The summed E-state index contributed by atoms with van der Waals surface area (Å²) in [5.74, 6) is 0.453. The van der Waals surface area contributed by atoms with E-state index < -0.39 is 15.9 Å². The molecule has 0 atom stereocenters. The van der Waals surface area contributed by atoms with E-state index in [0.717, 1.165) is 0 Å². The lowest BCUT2D eigenvalue weighted by Crippen LogP contribution is -2.18. The summed E-state index contributed by atoms with van der Waals surface area (Å²) < 4.78 is 41.2. The van der Waals surface area contributed by atoms with Crippen molar-refractivity contribution in [2.75, 3.05) is 25.6 Å². The molecule has 2 N–H and O–H groups in total. The van der Waals surface area contributed by atoms with Gasteiger partial charge in [0.05, 0.1) is 0 Å². The quantitative estimate of drug-likeness (QED) is 0.868. The number of carbonyl (C=O) groups excluding carboxylic acids is 1. The van der Waals surface area contributed by atoms with Crippen molar-refractivity contribution in [2.24, 2.45) is 0 Å². The van der Waals surface area contributed by atoms with Crippen molar-refractivity contribution in [3.05, 3.63) is 36.1 Å². The maximum Gasteiger partial charge on any atom is 0.291 e. The normalized spacial score (nSPS) is 13.6. The number of rotatable bonds is 4. The molecule has 0 unspecified atom stereocenters. The van der Waals surface area contributed by atoms with Gasteiger partial charge < -0.3 is 19.2 Å². The Morgan fingerprint density at radius 2 is 1.83 bits per heavy atom. The first kappa shape index (κ1) is 15.4. The number of benzene rings is 1. The number of sulfonamides is 1. The van der Waals surface area contributed by atoms with Crippen LogP contribution in [0.1, 0.15) is 10.6 Å². The smallest absolute Gasteiger partial charge is 0.291 e. The average Bonchev–Trinajstić information content (AvgIpc) is 3.06. The highest BCUT2D eigenvalue weighted by Crippen LogP contribution is 2.32. The zero-order chi connectivity index (χ0) is 16.4. The first-order chi connectivity index (χ1) is 11.0. The van der Waals surface area contributed by atoms with Gasteiger partial charge in [-0.1, -0.05) is 0 Å². The summed E-state index contributed by atoms with van der Waals surface area (Å²) in [4.78, 5) is 12.1. The number of hydrogen-bond acceptors (Lipinski definition) is 6. The van der Waals surface area contributed by atoms with Crippen molar-refractivity contribution in [2.45, 2.75) is 5.09 Å². The molecule has 23 heavy (non-hydrogen) atoms. The van der Waals surface area contributed by atoms with Crippen LogP contribution in [0.5, 0.6) is 11.5 Å². The van der Waals surface area contributed by atoms with Crippen molar-refractivity contribution in [1.82, 2.24) is 4.72 Å². The average molecular weight is 338 g/mol. The molecule has 122 valence electrons. The van der Waals surface area contributed by atoms with E-state index in [1.165, 1.54) is 19.2 Å². The van der Waals surface area contributed by atoms with Crippen LogP contribution in [0.3, 0.4) is 0 Å². The second kappa shape index (κ2) is 5.94. The van der Waals surface area contributed by atoms with Gasteiger partial charge in [0.25, 0.3) is 15.9 Å². The molecule has 0 saturated carbocycles. The van der Waals surface area contributed by atoms with Crippen LogP contribution in [0, 0.1) is 0 Å². The predicted octanol–water partition coefficient (Wildman–Crippen LogP) is 1.21. The Bertz CT molecular complexity index is 843. The number of amides is 1. The maximum atomic E-state index is 12.1. The largest absolute Gasteiger partial charge is 0.486 e. The Morgan fingerprint density at radius 1 is 1.09 bits per heavy atom. The van der Waals surface area contributed by atoms with Gasteiger partial charge >= 0.3 is 0 Å². The number of fused-ring (bicyclic) bond motifs is 1. The standard InChI is InChI=1S/C14H14N2O6S/c1-15-23(18,19)13-5-4-11(22-13)14(17)16-9-2-3-10-12(8-9)21-7-6-20-10/h2-5,8,15H,6-7H2,1H3,(H,16,17). The topological polar surface area (TPSA) is 107 Å². The number of furan rings is 1. The molecule has 0 fully saturated rings. The van der Waals surface area contributed by atoms with Gasteiger partial charge in [0, 0.05) is 11.8 Å². The summed E-state index contributed by atoms with van der Waals surface area (Å²) in [6, 6.07) is 7.46. The van der Waals surface area contributed by atoms with Crippen LogP contribution in [-0.2, 0) is 10.0 Å². The van der Waals surface area contributed by atoms with Crippen molar-refractivity contribution < 1.29 is 27.1 Å². The van der Waals surface area contributed by atoms with Gasteiger partial charge in [0.2, 0.25) is 5.09 Å². The van der Waals surface area contributed by atoms with Crippen molar-refractivity contribution in [3.63, 3.8) is 0 Å². The van der Waals surface area contributed by atoms with Gasteiger partial charge in [-0.3, -0.25) is 4.79 Å². The van der Waals surface area contributed by atoms with Gasteiger partial charge in [-0.15, -0.1) is 0 Å². The molecule has 2 aromatic rings. The van der Waals surface area contributed by atoms with Crippen LogP contribution < -0.4 is 19.5 Å². The van der Waals surface area contributed by atoms with Crippen LogP contribution in [0.25, 0.3) is 0 Å². The lowest BCUT2D eigenvalue weighted by molar-refractivity contribution is 0.0991. The van der Waals surface area contributed by atoms with E-state index in [9.17, 15) is 13.2 Å². The summed E-state index contributed by atoms with van der Waals surface area (Å²) in [7, 11) is -2.47. The first-order valence-electron chi connectivity index (χ1n) is 6.74. The number of hydrogen-bond donors (Lipinski definition) is 2. The van der Waals surface area contributed by atoms with Crippen LogP contribution in [0.15, 0.2) is 39.8 Å². The van der Waals surface area contributed by atoms with Crippen molar-refractivity contribution in [1.29, 1.82) is 0 Å². The van der Waals surface area contributed by atoms with E-state index in [1.54, 1.807) is 18.2 Å². The second-order valence-corrected chi connectivity index (χ2v) is 6.46. The van der Waals surface area contributed by atoms with Crippen LogP contribution in [0.2, 0.25) is 0 Å². The zero-order valence-electron chi connectivity index (χ0n) is 12.2. The van der Waals surface area contributed by atoms with E-state index >= 15 is 0 Å². The van der Waals surface area contributed by atoms with Crippen LogP contribution >= 0.6 is 0 Å². The molecule has 0 saturated heterocycles. The minimum Gasteiger partial charge on any atom is -0.486 e. The third kappa shape index (κ3) is 3.15. The highest BCUT2D eigenvalue weighted by molar-refractivity contribution is 7.89. The Labute approximate surface area is 132 Å². The van der Waals surface area contributed by atoms with Gasteiger partial charge in [-0.25, -0.2) is 13.1 Å². The lowest BCUT2D eigenvalue weighted by Gasteiger charge is -2.18. The van der Waals surface area contributed by atoms with Gasteiger partial charge in [-0.05, 0) is 31.3 Å². The molecule has 3 rings (SSSR count). The molecule has 8 nitrogen and oxygen atoms in total. The molecule has 2 heterocycles. The van der Waals surface area contributed by atoms with Crippen molar-refractivity contribution in [3.8, 4) is 11.5 Å². The fraction of sp³-hybridized carbons (Fsp3) is 0.214. The van der Waals surface area contributed by atoms with E-state index in [2.05, 4.69) is 10.0 Å². The molecule has 1 aromatic carbocycles. The number of carbonyl (C=O) groups is 1. The molecule has 9 heteroatoms. The summed E-state index contributed by atoms with van der Waals surface area (Å²) in [5.41, 5.74) is 0.480. The van der Waals surface area contributed by atoms with Crippen molar-refractivity contribution >= 4 is 21.6 Å². The third-order valence-electron chi connectivity index (χ3n) is 3.14. The molecular weight excluding hydrogens is 324 g/mol. The minimum absolute atomic E-state index is 0.117. The highest BCUT2D eigenvalue weighted by Gasteiger charge is 2.20. The molecule has 1 aliphatic heterocycles. The summed E-state index contributed by atoms with van der Waals surface area (Å²) >= 11 is 0. The SMILES string of the molecule is CNS(=O)(=O)c1ccc(C(=O)Nc2ccc3c(c2)OCCO3)o1.